The van der Waals surface area contributed by atoms with E-state index in [9.17, 15) is 19.8 Å². The average Bonchev–Trinajstić information content (AvgIpc) is 2.62. The lowest BCUT2D eigenvalue weighted by molar-refractivity contribution is -0.353. The van der Waals surface area contributed by atoms with Crippen molar-refractivity contribution in [2.75, 3.05) is 6.61 Å². The molecule has 0 spiro atoms. The molecule has 0 radical (unpaired) electrons. The SMILES string of the molecule is CC(=O)OC1(C)CCC2(C)C3CCCC(C)(C)C3=CCC2(C)C1(CCCO)C(=O)[O-]. The Morgan fingerprint density at radius 2 is 1.83 bits per heavy atom. The van der Waals surface area contributed by atoms with Gasteiger partial charge in [-0.1, -0.05) is 45.8 Å². The lowest BCUT2D eigenvalue weighted by Gasteiger charge is -2.71. The molecule has 5 heteroatoms. The first-order valence-corrected chi connectivity index (χ1v) is 11.5. The van der Waals surface area contributed by atoms with Crippen LogP contribution in [0.15, 0.2) is 11.6 Å². The lowest BCUT2D eigenvalue weighted by atomic mass is 9.34. The van der Waals surface area contributed by atoms with Crippen molar-refractivity contribution in [2.45, 2.75) is 98.5 Å². The Morgan fingerprint density at radius 1 is 1.17 bits per heavy atom. The molecule has 1 N–H and O–H groups in total. The number of hydrogen-bond acceptors (Lipinski definition) is 5. The van der Waals surface area contributed by atoms with Gasteiger partial charge in [-0.15, -0.1) is 0 Å². The van der Waals surface area contributed by atoms with Crippen LogP contribution in [0.1, 0.15) is 92.9 Å². The van der Waals surface area contributed by atoms with Crippen LogP contribution in [0.2, 0.25) is 0 Å². The van der Waals surface area contributed by atoms with Crippen LogP contribution in [0.5, 0.6) is 0 Å². The Balaban J connectivity index is 2.25. The fourth-order valence-electron chi connectivity index (χ4n) is 7.82. The Morgan fingerprint density at radius 3 is 2.40 bits per heavy atom. The minimum Gasteiger partial charge on any atom is -0.549 e. The number of aliphatic hydroxyl groups is 1. The summed E-state index contributed by atoms with van der Waals surface area (Å²) in [5, 5.41) is 22.7. The molecule has 2 fully saturated rings. The third-order valence-electron chi connectivity index (χ3n) is 9.60. The van der Waals surface area contributed by atoms with Crippen LogP contribution >= 0.6 is 0 Å². The highest BCUT2D eigenvalue weighted by Gasteiger charge is 2.72. The summed E-state index contributed by atoms with van der Waals surface area (Å²) in [4.78, 5) is 25.1. The maximum atomic E-state index is 13.1. The highest BCUT2D eigenvalue weighted by Crippen LogP contribution is 2.74. The van der Waals surface area contributed by atoms with E-state index in [-0.39, 0.29) is 23.9 Å². The summed E-state index contributed by atoms with van der Waals surface area (Å²) in [5.74, 6) is -1.31. The van der Waals surface area contributed by atoms with E-state index in [1.54, 1.807) is 6.92 Å². The summed E-state index contributed by atoms with van der Waals surface area (Å²) < 4.78 is 5.83. The third-order valence-corrected chi connectivity index (χ3v) is 9.60. The van der Waals surface area contributed by atoms with Gasteiger partial charge in [0.15, 0.2) is 0 Å². The van der Waals surface area contributed by atoms with Gasteiger partial charge in [0.25, 0.3) is 0 Å². The molecular weight excluding hydrogens is 380 g/mol. The number of ether oxygens (including phenoxy) is 1. The van der Waals surface area contributed by atoms with Gasteiger partial charge < -0.3 is 19.7 Å². The molecular formula is C25H39O5-. The Kier molecular flexibility index (Phi) is 5.71. The first-order valence-electron chi connectivity index (χ1n) is 11.5. The fraction of sp³-hybridized carbons (Fsp3) is 0.840. The second-order valence-electron chi connectivity index (χ2n) is 11.3. The smallest absolute Gasteiger partial charge is 0.303 e. The molecule has 3 aliphatic rings. The zero-order valence-corrected chi connectivity index (χ0v) is 19.6. The van der Waals surface area contributed by atoms with Gasteiger partial charge in [0, 0.05) is 13.5 Å². The molecule has 0 bridgehead atoms. The van der Waals surface area contributed by atoms with Crippen LogP contribution in [0, 0.1) is 27.6 Å². The Hall–Kier alpha value is -1.36. The van der Waals surface area contributed by atoms with Crippen LogP contribution in [0.25, 0.3) is 0 Å². The van der Waals surface area contributed by atoms with Crippen molar-refractivity contribution in [1.29, 1.82) is 0 Å². The van der Waals surface area contributed by atoms with E-state index < -0.39 is 28.4 Å². The minimum atomic E-state index is -1.37. The van der Waals surface area contributed by atoms with Crippen molar-refractivity contribution in [2.24, 2.45) is 27.6 Å². The summed E-state index contributed by atoms with van der Waals surface area (Å²) in [6, 6.07) is 0. The van der Waals surface area contributed by atoms with Gasteiger partial charge in [-0.05, 0) is 74.0 Å². The number of aliphatic hydroxyl groups excluding tert-OH is 1. The molecule has 5 nitrogen and oxygen atoms in total. The summed E-state index contributed by atoms with van der Waals surface area (Å²) in [7, 11) is 0. The highest BCUT2D eigenvalue weighted by atomic mass is 16.6. The molecule has 0 aromatic carbocycles. The Bertz CT molecular complexity index is 755. The average molecular weight is 420 g/mol. The third kappa shape index (κ3) is 2.91. The Labute approximate surface area is 181 Å². The first-order chi connectivity index (χ1) is 13.8. The summed E-state index contributed by atoms with van der Waals surface area (Å²) in [6.07, 6.45) is 8.14. The van der Waals surface area contributed by atoms with Crippen molar-refractivity contribution >= 4 is 11.9 Å². The molecule has 3 aliphatic carbocycles. The first kappa shape index (κ1) is 23.3. The van der Waals surface area contributed by atoms with E-state index in [0.29, 0.717) is 25.2 Å². The van der Waals surface area contributed by atoms with Crippen LogP contribution in [0.3, 0.4) is 0 Å². The van der Waals surface area contributed by atoms with Crippen molar-refractivity contribution in [1.82, 2.24) is 0 Å². The summed E-state index contributed by atoms with van der Waals surface area (Å²) in [6.45, 7) is 12.0. The second kappa shape index (κ2) is 7.36. The van der Waals surface area contributed by atoms with Gasteiger partial charge in [-0.3, -0.25) is 4.79 Å². The number of carbonyl (C=O) groups excluding carboxylic acids is 2. The van der Waals surface area contributed by atoms with Crippen molar-refractivity contribution in [3.8, 4) is 0 Å². The summed E-state index contributed by atoms with van der Waals surface area (Å²) in [5.41, 5.74) is -1.85. The van der Waals surface area contributed by atoms with Crippen molar-refractivity contribution in [3.63, 3.8) is 0 Å². The molecule has 0 aromatic heterocycles. The van der Waals surface area contributed by atoms with Gasteiger partial charge in [-0.2, -0.15) is 0 Å². The quantitative estimate of drug-likeness (QED) is 0.541. The molecule has 3 rings (SSSR count). The number of carboxylic acids is 1. The maximum absolute atomic E-state index is 13.1. The second-order valence-corrected chi connectivity index (χ2v) is 11.3. The van der Waals surface area contributed by atoms with Gasteiger partial charge in [-0.25, -0.2) is 0 Å². The summed E-state index contributed by atoms with van der Waals surface area (Å²) >= 11 is 0. The molecule has 0 aromatic rings. The normalized spacial score (nSPS) is 42.5. The number of hydrogen-bond donors (Lipinski definition) is 1. The number of rotatable bonds is 5. The van der Waals surface area contributed by atoms with E-state index in [2.05, 4.69) is 33.8 Å². The van der Waals surface area contributed by atoms with Crippen molar-refractivity contribution in [3.05, 3.63) is 11.6 Å². The molecule has 0 saturated heterocycles. The van der Waals surface area contributed by atoms with E-state index in [0.717, 1.165) is 25.7 Å². The van der Waals surface area contributed by atoms with E-state index in [4.69, 9.17) is 4.74 Å². The molecule has 5 atom stereocenters. The van der Waals surface area contributed by atoms with Gasteiger partial charge in [0.1, 0.15) is 5.60 Å². The van der Waals surface area contributed by atoms with E-state index >= 15 is 0 Å². The lowest BCUT2D eigenvalue weighted by Crippen LogP contribution is -2.73. The number of carbonyl (C=O) groups is 2. The molecule has 0 amide bonds. The molecule has 0 heterocycles. The van der Waals surface area contributed by atoms with Gasteiger partial charge in [0.05, 0.1) is 11.4 Å². The number of esters is 1. The van der Waals surface area contributed by atoms with Gasteiger partial charge >= 0.3 is 5.97 Å². The number of fused-ring (bicyclic) bond motifs is 3. The van der Waals surface area contributed by atoms with Crippen LogP contribution < -0.4 is 5.11 Å². The largest absolute Gasteiger partial charge is 0.549 e. The van der Waals surface area contributed by atoms with Crippen LogP contribution in [-0.4, -0.2) is 29.3 Å². The molecule has 2 saturated carbocycles. The predicted octanol–water partition coefficient (Wildman–Crippen LogP) is 3.78. The number of carboxylic acid groups (broad SMARTS) is 1. The van der Waals surface area contributed by atoms with E-state index in [1.807, 2.05) is 0 Å². The zero-order chi connectivity index (χ0) is 22.6. The van der Waals surface area contributed by atoms with Crippen molar-refractivity contribution < 1.29 is 24.5 Å². The fourth-order valence-corrected chi connectivity index (χ4v) is 7.82. The zero-order valence-electron chi connectivity index (χ0n) is 19.6. The topological polar surface area (TPSA) is 86.7 Å². The molecule has 30 heavy (non-hydrogen) atoms. The molecule has 5 unspecified atom stereocenters. The van der Waals surface area contributed by atoms with Gasteiger partial charge in [0.2, 0.25) is 0 Å². The van der Waals surface area contributed by atoms with Crippen LogP contribution in [0.4, 0.5) is 0 Å². The monoisotopic (exact) mass is 419 g/mol. The highest BCUT2D eigenvalue weighted by molar-refractivity contribution is 5.78. The van der Waals surface area contributed by atoms with Crippen LogP contribution in [-0.2, 0) is 14.3 Å². The maximum Gasteiger partial charge on any atom is 0.303 e. The molecule has 170 valence electrons. The standard InChI is InChI=1S/C25H40O5/c1-17(27)30-24(6)15-14-22(4)19-9-7-11-21(2,3)18(19)10-13-23(22,5)25(24,20(28)29)12-8-16-26/h10,19,26H,7-9,11-16H2,1-6H3,(H,28,29)/p-1. The molecule has 0 aliphatic heterocycles. The van der Waals surface area contributed by atoms with E-state index in [1.165, 1.54) is 12.5 Å². The number of aliphatic carboxylic acids is 1. The minimum absolute atomic E-state index is 0.102. The predicted molar refractivity (Wildman–Crippen MR) is 113 cm³/mol. The number of allylic oxidation sites excluding steroid dienone is 2.